The van der Waals surface area contributed by atoms with Gasteiger partial charge in [-0.3, -0.25) is 9.59 Å². The number of esters is 2. The summed E-state index contributed by atoms with van der Waals surface area (Å²) in [7, 11) is 0. The van der Waals surface area contributed by atoms with E-state index in [2.05, 4.69) is 6.08 Å². The quantitative estimate of drug-likeness (QED) is 0.395. The van der Waals surface area contributed by atoms with Crippen LogP contribution in [-0.4, -0.2) is 49.6 Å². The van der Waals surface area contributed by atoms with Crippen LogP contribution in [0.25, 0.3) is 0 Å². The first-order valence-electron chi connectivity index (χ1n) is 10.8. The van der Waals surface area contributed by atoms with Crippen molar-refractivity contribution in [1.82, 2.24) is 0 Å². The minimum absolute atomic E-state index is 0.00552. The third-order valence-corrected chi connectivity index (χ3v) is 7.69. The first-order valence-corrected chi connectivity index (χ1v) is 10.8. The van der Waals surface area contributed by atoms with Gasteiger partial charge < -0.3 is 18.9 Å². The van der Waals surface area contributed by atoms with E-state index in [1.54, 1.807) is 0 Å². The van der Waals surface area contributed by atoms with Gasteiger partial charge in [0.1, 0.15) is 6.10 Å². The maximum absolute atomic E-state index is 12.6. The zero-order valence-electron chi connectivity index (χ0n) is 16.5. The molecule has 8 unspecified atom stereocenters. The maximum atomic E-state index is 12.6. The normalized spacial score (nSPS) is 46.5. The van der Waals surface area contributed by atoms with E-state index in [1.165, 1.54) is 6.42 Å². The molecule has 2 aliphatic heterocycles. The second-order valence-corrected chi connectivity index (χ2v) is 10.5. The van der Waals surface area contributed by atoms with Crippen molar-refractivity contribution in [3.05, 3.63) is 11.6 Å². The predicted molar refractivity (Wildman–Crippen MR) is 97.0 cm³/mol. The van der Waals surface area contributed by atoms with Gasteiger partial charge in [0.05, 0.1) is 43.4 Å². The minimum atomic E-state index is -0.394. The molecule has 28 heavy (non-hydrogen) atoms. The Morgan fingerprint density at radius 1 is 0.964 bits per heavy atom. The van der Waals surface area contributed by atoms with E-state index in [9.17, 15) is 9.59 Å². The van der Waals surface area contributed by atoms with E-state index < -0.39 is 5.41 Å². The number of carbonyl (C=O) groups excluding carboxylic acids is 2. The largest absolute Gasteiger partial charge is 0.465 e. The molecule has 6 rings (SSSR count). The van der Waals surface area contributed by atoms with Crippen LogP contribution in [0.4, 0.5) is 0 Å². The Morgan fingerprint density at radius 2 is 1.64 bits per heavy atom. The van der Waals surface area contributed by atoms with Crippen LogP contribution in [0.15, 0.2) is 11.6 Å². The van der Waals surface area contributed by atoms with E-state index in [-0.39, 0.29) is 43.1 Å². The van der Waals surface area contributed by atoms with Crippen molar-refractivity contribution in [1.29, 1.82) is 0 Å². The van der Waals surface area contributed by atoms with Crippen LogP contribution in [0.1, 0.15) is 39.5 Å². The maximum Gasteiger partial charge on any atom is 0.313 e. The van der Waals surface area contributed by atoms with Gasteiger partial charge in [-0.05, 0) is 43.1 Å². The summed E-state index contributed by atoms with van der Waals surface area (Å²) in [6, 6.07) is 0. The van der Waals surface area contributed by atoms with Crippen molar-refractivity contribution in [2.24, 2.45) is 35.0 Å². The molecule has 2 saturated carbocycles. The number of fused-ring (bicyclic) bond motifs is 9. The molecular formula is C22H28O6. The average Bonchev–Trinajstić information content (AvgIpc) is 3.58. The topological polar surface area (TPSA) is 77.7 Å². The molecule has 6 aliphatic rings. The van der Waals surface area contributed by atoms with Crippen LogP contribution in [0.3, 0.4) is 0 Å². The third-order valence-electron chi connectivity index (χ3n) is 7.69. The Hall–Kier alpha value is -1.40. The van der Waals surface area contributed by atoms with Crippen LogP contribution < -0.4 is 0 Å². The molecule has 4 fully saturated rings. The second kappa shape index (κ2) is 5.82. The fraction of sp³-hybridized carbons (Fsp3) is 0.818. The van der Waals surface area contributed by atoms with Gasteiger partial charge in [0.15, 0.2) is 0 Å². The molecule has 0 aromatic carbocycles. The van der Waals surface area contributed by atoms with Gasteiger partial charge in [-0.15, -0.1) is 0 Å². The summed E-state index contributed by atoms with van der Waals surface area (Å²) in [5.41, 5.74) is 0.729. The first-order chi connectivity index (χ1) is 13.4. The van der Waals surface area contributed by atoms with Crippen LogP contribution in [0.2, 0.25) is 0 Å². The number of rotatable bonds is 6. The molecule has 0 aromatic heterocycles. The highest BCUT2D eigenvalue weighted by molar-refractivity contribution is 5.78. The highest BCUT2D eigenvalue weighted by Gasteiger charge is 2.61. The molecule has 6 nitrogen and oxygen atoms in total. The summed E-state index contributed by atoms with van der Waals surface area (Å²) in [6.45, 7) is 4.48. The molecule has 0 N–H and O–H groups in total. The number of hydrogen-bond donors (Lipinski definition) is 0. The van der Waals surface area contributed by atoms with E-state index in [4.69, 9.17) is 18.9 Å². The number of epoxide rings is 2. The van der Waals surface area contributed by atoms with Crippen LogP contribution in [0.5, 0.6) is 0 Å². The fourth-order valence-corrected chi connectivity index (χ4v) is 6.14. The van der Waals surface area contributed by atoms with Crippen LogP contribution in [0, 0.1) is 35.0 Å². The highest BCUT2D eigenvalue weighted by Crippen LogP contribution is 2.56. The molecule has 2 heterocycles. The Bertz CT molecular complexity index is 740. The van der Waals surface area contributed by atoms with Crippen LogP contribution >= 0.6 is 0 Å². The van der Waals surface area contributed by atoms with Gasteiger partial charge in [0.2, 0.25) is 0 Å². The molecule has 0 radical (unpaired) electrons. The molecule has 4 aliphatic carbocycles. The monoisotopic (exact) mass is 388 g/mol. The molecule has 0 amide bonds. The second-order valence-electron chi connectivity index (χ2n) is 10.5. The molecule has 0 spiro atoms. The first kappa shape index (κ1) is 17.5. The highest BCUT2D eigenvalue weighted by atomic mass is 16.6. The zero-order valence-corrected chi connectivity index (χ0v) is 16.5. The van der Waals surface area contributed by atoms with Crippen molar-refractivity contribution >= 4 is 11.9 Å². The summed E-state index contributed by atoms with van der Waals surface area (Å²) in [4.78, 5) is 25.1. The van der Waals surface area contributed by atoms with Gasteiger partial charge >= 0.3 is 11.9 Å². The van der Waals surface area contributed by atoms with Crippen molar-refractivity contribution < 1.29 is 28.5 Å². The van der Waals surface area contributed by atoms with Gasteiger partial charge in [0.25, 0.3) is 0 Å². The summed E-state index contributed by atoms with van der Waals surface area (Å²) in [5.74, 6) is 1.09. The number of hydrogen-bond acceptors (Lipinski definition) is 6. The summed E-state index contributed by atoms with van der Waals surface area (Å²) >= 11 is 0. The lowest BCUT2D eigenvalue weighted by Crippen LogP contribution is -2.34. The summed E-state index contributed by atoms with van der Waals surface area (Å²) in [6.07, 6.45) is 7.36. The van der Waals surface area contributed by atoms with Gasteiger partial charge in [0, 0.05) is 11.3 Å². The van der Waals surface area contributed by atoms with Gasteiger partial charge in [-0.1, -0.05) is 19.9 Å². The van der Waals surface area contributed by atoms with Gasteiger partial charge in [-0.25, -0.2) is 0 Å². The Morgan fingerprint density at radius 3 is 2.29 bits per heavy atom. The molecule has 0 aromatic rings. The van der Waals surface area contributed by atoms with Crippen molar-refractivity contribution in [2.75, 3.05) is 13.2 Å². The standard InChI is InChI=1S/C22H28O6/c1-22(2,9-26-21(24)15-7-12-6-14(15)19-18(12)28-19)8-25-20(23)13-4-10-3-11(5-13)17-16(10)27-17/h6,10-13,15-19H,3-5,7-9H2,1-2H3. The molecule has 6 heteroatoms. The van der Waals surface area contributed by atoms with E-state index in [1.807, 2.05) is 13.8 Å². The van der Waals surface area contributed by atoms with E-state index in [0.29, 0.717) is 36.1 Å². The van der Waals surface area contributed by atoms with Crippen molar-refractivity contribution in [2.45, 2.75) is 63.9 Å². The smallest absolute Gasteiger partial charge is 0.313 e. The van der Waals surface area contributed by atoms with Gasteiger partial charge in [-0.2, -0.15) is 0 Å². The molecule has 2 saturated heterocycles. The van der Waals surface area contributed by atoms with E-state index in [0.717, 1.165) is 24.8 Å². The third kappa shape index (κ3) is 2.75. The zero-order chi connectivity index (χ0) is 19.2. The Balaban J connectivity index is 0.971. The lowest BCUT2D eigenvalue weighted by atomic mass is 9.80. The lowest BCUT2D eigenvalue weighted by molar-refractivity contribution is -0.158. The van der Waals surface area contributed by atoms with Crippen molar-refractivity contribution in [3.63, 3.8) is 0 Å². The number of carbonyl (C=O) groups is 2. The average molecular weight is 388 g/mol. The van der Waals surface area contributed by atoms with Crippen LogP contribution in [-0.2, 0) is 28.5 Å². The number of ether oxygens (including phenoxy) is 4. The fourth-order valence-electron chi connectivity index (χ4n) is 6.14. The minimum Gasteiger partial charge on any atom is -0.465 e. The summed E-state index contributed by atoms with van der Waals surface area (Å²) in [5, 5.41) is 0. The van der Waals surface area contributed by atoms with Crippen molar-refractivity contribution in [3.8, 4) is 0 Å². The van der Waals surface area contributed by atoms with E-state index >= 15 is 0 Å². The molecular weight excluding hydrogens is 360 g/mol. The molecule has 8 atom stereocenters. The Labute approximate surface area is 164 Å². The Kier molecular flexibility index (Phi) is 3.63. The summed E-state index contributed by atoms with van der Waals surface area (Å²) < 4.78 is 22.5. The molecule has 152 valence electrons. The lowest BCUT2D eigenvalue weighted by Gasteiger charge is -2.30. The SMILES string of the molecule is CC(C)(COC(=O)C1CC2CC(C1)C1OC21)COC(=O)C1CC2C=C1C1OC21. The predicted octanol–water partition coefficient (Wildman–Crippen LogP) is 2.26. The molecule has 4 bridgehead atoms.